The van der Waals surface area contributed by atoms with Gasteiger partial charge in [-0.25, -0.2) is 0 Å². The number of aliphatic carboxylic acids is 1. The molecule has 7 rings (SSSR count). The minimum Gasteiger partial charge on any atom is -0.481 e. The van der Waals surface area contributed by atoms with Crippen LogP contribution in [0.1, 0.15) is 91.4 Å². The second kappa shape index (κ2) is 9.81. The lowest BCUT2D eigenvalue weighted by atomic mass is 9.41. The van der Waals surface area contributed by atoms with Gasteiger partial charge in [0.1, 0.15) is 5.41 Å². The van der Waals surface area contributed by atoms with E-state index in [1.807, 2.05) is 0 Å². The van der Waals surface area contributed by atoms with Crippen molar-refractivity contribution in [2.24, 2.45) is 45.8 Å². The maximum atomic E-state index is 13.8. The van der Waals surface area contributed by atoms with Gasteiger partial charge in [-0.1, -0.05) is 45.3 Å². The van der Waals surface area contributed by atoms with Crippen LogP contribution in [0.2, 0.25) is 0 Å². The average Bonchev–Trinajstić information content (AvgIpc) is 3.69. The van der Waals surface area contributed by atoms with Crippen LogP contribution in [0.4, 0.5) is 0 Å². The molecule has 4 aliphatic carbocycles. The van der Waals surface area contributed by atoms with Crippen LogP contribution in [0, 0.1) is 57.2 Å². The summed E-state index contributed by atoms with van der Waals surface area (Å²) in [7, 11) is 0. The Labute approximate surface area is 241 Å². The predicted molar refractivity (Wildman–Crippen MR) is 154 cm³/mol. The normalized spacial score (nSPS) is 47.4. The van der Waals surface area contributed by atoms with Crippen molar-refractivity contribution in [3.05, 3.63) is 11.6 Å². The van der Waals surface area contributed by atoms with Crippen molar-refractivity contribution < 1.29 is 14.6 Å². The van der Waals surface area contributed by atoms with Crippen molar-refractivity contribution in [1.29, 1.82) is 5.26 Å². The van der Waals surface area contributed by atoms with Gasteiger partial charge in [0.2, 0.25) is 0 Å². The molecule has 40 heavy (non-hydrogen) atoms. The lowest BCUT2D eigenvalue weighted by Crippen LogP contribution is -2.64. The van der Waals surface area contributed by atoms with E-state index in [-0.39, 0.29) is 30.0 Å². The number of likely N-dealkylation sites (tertiary alicyclic amines) is 2. The molecule has 3 saturated carbocycles. The number of piperidine rings is 2. The Bertz CT molecular complexity index is 1080. The van der Waals surface area contributed by atoms with Crippen LogP contribution >= 0.6 is 0 Å². The van der Waals surface area contributed by atoms with Gasteiger partial charge < -0.3 is 19.6 Å². The summed E-state index contributed by atoms with van der Waals surface area (Å²) in [6.45, 7) is 12.5. The number of nitrogens with zero attached hydrogens (tertiary/aromatic N) is 3. The number of carboxylic acid groups (broad SMARTS) is 1. The summed E-state index contributed by atoms with van der Waals surface area (Å²) in [5.74, 6) is 0.723. The third kappa shape index (κ3) is 3.47. The van der Waals surface area contributed by atoms with Crippen molar-refractivity contribution in [1.82, 2.24) is 9.80 Å². The summed E-state index contributed by atoms with van der Waals surface area (Å²) in [5, 5.41) is 22.3. The third-order valence-corrected chi connectivity index (χ3v) is 13.5. The molecule has 220 valence electrons. The molecule has 0 amide bonds. The van der Waals surface area contributed by atoms with E-state index in [0.717, 1.165) is 63.4 Å². The van der Waals surface area contributed by atoms with Gasteiger partial charge in [-0.3, -0.25) is 4.79 Å². The van der Waals surface area contributed by atoms with Crippen molar-refractivity contribution in [2.45, 2.75) is 110 Å². The first-order valence-electron chi connectivity index (χ1n) is 16.8. The lowest BCUT2D eigenvalue weighted by Gasteiger charge is -2.59. The third-order valence-electron chi connectivity index (χ3n) is 13.5. The fourth-order valence-corrected chi connectivity index (χ4v) is 12.0. The smallest absolute Gasteiger partial charge is 0.316 e. The summed E-state index contributed by atoms with van der Waals surface area (Å²) in [6.07, 6.45) is 14.8. The molecule has 6 unspecified atom stereocenters. The fourth-order valence-electron chi connectivity index (χ4n) is 12.0. The quantitative estimate of drug-likeness (QED) is 0.426. The first kappa shape index (κ1) is 27.4. The van der Waals surface area contributed by atoms with Crippen LogP contribution in [0.15, 0.2) is 11.6 Å². The molecular formula is C34H51N3O3. The molecule has 4 bridgehead atoms. The van der Waals surface area contributed by atoms with E-state index >= 15 is 0 Å². The van der Waals surface area contributed by atoms with Gasteiger partial charge in [0.05, 0.1) is 23.7 Å². The number of hydrogen-bond donors (Lipinski definition) is 1. The molecular weight excluding hydrogens is 498 g/mol. The monoisotopic (exact) mass is 549 g/mol. The Hall–Kier alpha value is -1.42. The number of fused-ring (bicyclic) bond motifs is 2. The highest BCUT2D eigenvalue weighted by atomic mass is 16.5. The first-order valence-corrected chi connectivity index (χ1v) is 16.8. The molecule has 0 aromatic heterocycles. The van der Waals surface area contributed by atoms with Gasteiger partial charge in [0.25, 0.3) is 0 Å². The summed E-state index contributed by atoms with van der Waals surface area (Å²) in [5.41, 5.74) is -1.35. The number of carboxylic acids is 1. The van der Waals surface area contributed by atoms with Crippen LogP contribution in [-0.2, 0) is 9.53 Å². The van der Waals surface area contributed by atoms with Gasteiger partial charge in [-0.05, 0) is 114 Å². The molecule has 0 aromatic rings. The molecule has 6 fully saturated rings. The summed E-state index contributed by atoms with van der Waals surface area (Å²) in [6, 6.07) is 3.56. The number of carbonyl (C=O) groups is 1. The van der Waals surface area contributed by atoms with E-state index in [4.69, 9.17) is 4.74 Å². The van der Waals surface area contributed by atoms with Crippen LogP contribution in [0.25, 0.3) is 0 Å². The van der Waals surface area contributed by atoms with Crippen molar-refractivity contribution in [3.8, 4) is 6.07 Å². The number of hydrogen-bond acceptors (Lipinski definition) is 5. The molecule has 3 aliphatic heterocycles. The number of allylic oxidation sites excluding steroid dienone is 1. The standard InChI is InChI=1S/C34H51N3O3/c1-22(2)29-17-24-18-32(21-35)28-9-7-23(3)27(28)19-33(24,34(29,32)31(38)39)30-10-8-26(40-30)20-36-15-11-25(12-16-36)37-13-5-4-6-14-37/h17,22-28,30H,4-16,18-20H2,1-3H3,(H,38,39)/t23-,24?,26?,27-,28-,30?,32?,33?,34?/m1/s1. The van der Waals surface area contributed by atoms with Crippen molar-refractivity contribution in [3.63, 3.8) is 0 Å². The Balaban J connectivity index is 1.14. The SMILES string of the molecule is CC(C)C1=CC2CC3(C#N)[C@@H]4CC[C@@H](C)[C@H]4CC2(C2CCC(CN4CCC(N5CCCCC5)CC4)O2)C13C(=O)O. The molecule has 1 N–H and O–H groups in total. The van der Waals surface area contributed by atoms with Crippen LogP contribution in [0.3, 0.4) is 0 Å². The molecule has 0 spiro atoms. The largest absolute Gasteiger partial charge is 0.481 e. The molecule has 9 atom stereocenters. The predicted octanol–water partition coefficient (Wildman–Crippen LogP) is 5.73. The molecule has 3 heterocycles. The molecule has 6 nitrogen and oxygen atoms in total. The Morgan fingerprint density at radius 2 is 1.82 bits per heavy atom. The summed E-state index contributed by atoms with van der Waals surface area (Å²) in [4.78, 5) is 19.2. The average molecular weight is 550 g/mol. The molecule has 0 aromatic carbocycles. The maximum absolute atomic E-state index is 13.8. The first-order chi connectivity index (χ1) is 19.3. The minimum atomic E-state index is -1.11. The summed E-state index contributed by atoms with van der Waals surface area (Å²) >= 11 is 0. The highest BCUT2D eigenvalue weighted by molar-refractivity contribution is 5.86. The molecule has 3 saturated heterocycles. The van der Waals surface area contributed by atoms with E-state index in [1.54, 1.807) is 0 Å². The van der Waals surface area contributed by atoms with Gasteiger partial charge in [-0.2, -0.15) is 5.26 Å². The Kier molecular flexibility index (Phi) is 6.73. The zero-order chi connectivity index (χ0) is 27.9. The van der Waals surface area contributed by atoms with E-state index in [0.29, 0.717) is 18.3 Å². The van der Waals surface area contributed by atoms with E-state index in [9.17, 15) is 15.2 Å². The zero-order valence-electron chi connectivity index (χ0n) is 25.1. The van der Waals surface area contributed by atoms with Crippen LogP contribution in [0.5, 0.6) is 0 Å². The second-order valence-electron chi connectivity index (χ2n) is 15.2. The maximum Gasteiger partial charge on any atom is 0.316 e. The lowest BCUT2D eigenvalue weighted by molar-refractivity contribution is -0.191. The Morgan fingerprint density at radius 1 is 1.07 bits per heavy atom. The van der Waals surface area contributed by atoms with Crippen molar-refractivity contribution in [2.75, 3.05) is 32.7 Å². The fraction of sp³-hybridized carbons (Fsp3) is 0.882. The highest BCUT2D eigenvalue weighted by Crippen LogP contribution is 2.84. The topological polar surface area (TPSA) is 76.8 Å². The van der Waals surface area contributed by atoms with E-state index < -0.39 is 22.2 Å². The van der Waals surface area contributed by atoms with Crippen molar-refractivity contribution >= 4 is 5.97 Å². The molecule has 0 radical (unpaired) electrons. The Morgan fingerprint density at radius 3 is 2.50 bits per heavy atom. The molecule has 7 aliphatic rings. The number of nitriles is 1. The van der Waals surface area contributed by atoms with Crippen LogP contribution < -0.4 is 0 Å². The van der Waals surface area contributed by atoms with Gasteiger partial charge >= 0.3 is 5.97 Å². The van der Waals surface area contributed by atoms with E-state index in [1.165, 1.54) is 45.2 Å². The zero-order valence-corrected chi connectivity index (χ0v) is 25.1. The van der Waals surface area contributed by atoms with E-state index in [2.05, 4.69) is 42.7 Å². The van der Waals surface area contributed by atoms with Crippen LogP contribution in [-0.4, -0.2) is 71.8 Å². The van der Waals surface area contributed by atoms with Gasteiger partial charge in [-0.15, -0.1) is 0 Å². The molecule has 6 heteroatoms. The highest BCUT2D eigenvalue weighted by Gasteiger charge is 2.86. The number of rotatable bonds is 6. The van der Waals surface area contributed by atoms with Gasteiger partial charge in [0.15, 0.2) is 0 Å². The number of ether oxygens (including phenoxy) is 1. The minimum absolute atomic E-state index is 0.0686. The second-order valence-corrected chi connectivity index (χ2v) is 15.2. The summed E-state index contributed by atoms with van der Waals surface area (Å²) < 4.78 is 7.07. The van der Waals surface area contributed by atoms with Gasteiger partial charge in [0, 0.05) is 18.0 Å².